The van der Waals surface area contributed by atoms with Crippen LogP contribution in [-0.4, -0.2) is 27.7 Å². The summed E-state index contributed by atoms with van der Waals surface area (Å²) in [4.78, 5) is 0. The summed E-state index contributed by atoms with van der Waals surface area (Å²) in [5.41, 5.74) is 0.424. The average Bonchev–Trinajstić information content (AvgIpc) is 3.33. The zero-order chi connectivity index (χ0) is 16.9. The van der Waals surface area contributed by atoms with Crippen molar-refractivity contribution in [3.05, 3.63) is 54.1 Å². The molecule has 8 heteroatoms. The van der Waals surface area contributed by atoms with Gasteiger partial charge in [-0.2, -0.15) is 8.42 Å². The highest BCUT2D eigenvalue weighted by Gasteiger charge is 2.42. The number of para-hydroxylation sites is 2. The fourth-order valence-electron chi connectivity index (χ4n) is 2.82. The van der Waals surface area contributed by atoms with E-state index in [0.29, 0.717) is 24.4 Å². The normalized spacial score (nSPS) is 21.0. The molecule has 0 N–H and O–H groups in total. The van der Waals surface area contributed by atoms with Crippen molar-refractivity contribution >= 4 is 27.3 Å². The third-order valence-electron chi connectivity index (χ3n) is 4.06. The minimum atomic E-state index is -4.04. The SMILES string of the molecule is O=S1(=O)N(CC[C@@H]2CO2)c2ccccc2N1c1cc(F)ccc1F. The highest BCUT2D eigenvalue weighted by atomic mass is 32.2. The second-order valence-corrected chi connectivity index (χ2v) is 7.37. The molecule has 0 spiro atoms. The number of halogens is 2. The van der Waals surface area contributed by atoms with Crippen LogP contribution in [0.5, 0.6) is 0 Å². The lowest BCUT2D eigenvalue weighted by Gasteiger charge is -2.22. The van der Waals surface area contributed by atoms with Crippen LogP contribution in [0, 0.1) is 11.6 Å². The summed E-state index contributed by atoms with van der Waals surface area (Å²) in [6, 6.07) is 9.35. The van der Waals surface area contributed by atoms with Crippen LogP contribution < -0.4 is 8.61 Å². The predicted octanol–water partition coefficient (Wildman–Crippen LogP) is 2.96. The maximum absolute atomic E-state index is 14.2. The number of ether oxygens (including phenoxy) is 1. The number of epoxide rings is 1. The number of hydrogen-bond donors (Lipinski definition) is 0. The summed E-state index contributed by atoms with van der Waals surface area (Å²) in [6.07, 6.45) is 0.611. The van der Waals surface area contributed by atoms with E-state index in [9.17, 15) is 17.2 Å². The van der Waals surface area contributed by atoms with Gasteiger partial charge >= 0.3 is 10.2 Å². The van der Waals surface area contributed by atoms with Crippen LogP contribution in [0.1, 0.15) is 6.42 Å². The lowest BCUT2D eigenvalue weighted by atomic mass is 10.2. The third-order valence-corrected chi connectivity index (χ3v) is 5.85. The molecule has 2 aromatic rings. The number of benzene rings is 2. The van der Waals surface area contributed by atoms with E-state index >= 15 is 0 Å². The number of anilines is 3. The van der Waals surface area contributed by atoms with Gasteiger partial charge in [-0.3, -0.25) is 4.31 Å². The Morgan fingerprint density at radius 2 is 1.79 bits per heavy atom. The molecule has 1 saturated heterocycles. The van der Waals surface area contributed by atoms with Gasteiger partial charge < -0.3 is 4.74 Å². The highest BCUT2D eigenvalue weighted by molar-refractivity contribution is 7.95. The zero-order valence-electron chi connectivity index (χ0n) is 12.5. The van der Waals surface area contributed by atoms with E-state index in [1.165, 1.54) is 4.31 Å². The standard InChI is InChI=1S/C16H14F2N2O3S/c17-11-5-6-13(18)16(9-11)20-15-4-2-1-3-14(15)19(24(20,21)22)8-7-12-10-23-12/h1-6,9,12H,7-8,10H2/t12-/m1/s1. The molecule has 126 valence electrons. The molecule has 0 radical (unpaired) electrons. The Hall–Kier alpha value is -2.19. The van der Waals surface area contributed by atoms with Crippen molar-refractivity contribution in [1.29, 1.82) is 0 Å². The summed E-state index contributed by atoms with van der Waals surface area (Å²) in [5.74, 6) is -1.51. The molecule has 24 heavy (non-hydrogen) atoms. The Morgan fingerprint density at radius 3 is 2.50 bits per heavy atom. The first-order valence-electron chi connectivity index (χ1n) is 7.47. The summed E-state index contributed by atoms with van der Waals surface area (Å²) in [6.45, 7) is 0.842. The molecule has 0 aromatic heterocycles. The van der Waals surface area contributed by atoms with E-state index in [2.05, 4.69) is 0 Å². The van der Waals surface area contributed by atoms with Crippen LogP contribution in [0.4, 0.5) is 25.8 Å². The molecular weight excluding hydrogens is 338 g/mol. The Kier molecular flexibility index (Phi) is 3.47. The lowest BCUT2D eigenvalue weighted by molar-refractivity contribution is 0.399. The zero-order valence-corrected chi connectivity index (χ0v) is 13.3. The summed E-state index contributed by atoms with van der Waals surface area (Å²) in [7, 11) is -4.04. The largest absolute Gasteiger partial charge is 0.373 e. The Balaban J connectivity index is 1.83. The second-order valence-electron chi connectivity index (χ2n) is 5.67. The quantitative estimate of drug-likeness (QED) is 0.795. The fourth-order valence-corrected chi connectivity index (χ4v) is 4.55. The van der Waals surface area contributed by atoms with Gasteiger partial charge in [-0.1, -0.05) is 12.1 Å². The molecule has 1 fully saturated rings. The first-order valence-corrected chi connectivity index (χ1v) is 8.87. The predicted molar refractivity (Wildman–Crippen MR) is 85.6 cm³/mol. The molecule has 1 atom stereocenters. The van der Waals surface area contributed by atoms with Crippen LogP contribution in [0.15, 0.2) is 42.5 Å². The molecule has 0 saturated carbocycles. The molecule has 4 rings (SSSR count). The molecular formula is C16H14F2N2O3S. The molecule has 0 aliphatic carbocycles. The van der Waals surface area contributed by atoms with E-state index in [1.807, 2.05) is 0 Å². The molecule has 5 nitrogen and oxygen atoms in total. The van der Waals surface area contributed by atoms with E-state index in [1.54, 1.807) is 24.3 Å². The first kappa shape index (κ1) is 15.3. The smallest absolute Gasteiger partial charge is 0.331 e. The van der Waals surface area contributed by atoms with E-state index in [0.717, 1.165) is 22.5 Å². The van der Waals surface area contributed by atoms with Crippen molar-refractivity contribution in [3.8, 4) is 0 Å². The first-order chi connectivity index (χ1) is 11.5. The van der Waals surface area contributed by atoms with Gasteiger partial charge in [0.25, 0.3) is 0 Å². The van der Waals surface area contributed by atoms with E-state index in [4.69, 9.17) is 4.74 Å². The average molecular weight is 352 g/mol. The van der Waals surface area contributed by atoms with Crippen molar-refractivity contribution in [1.82, 2.24) is 0 Å². The molecule has 2 aliphatic heterocycles. The van der Waals surface area contributed by atoms with Gasteiger partial charge in [0, 0.05) is 12.6 Å². The van der Waals surface area contributed by atoms with Gasteiger partial charge in [0.2, 0.25) is 0 Å². The van der Waals surface area contributed by atoms with Gasteiger partial charge in [-0.15, -0.1) is 0 Å². The summed E-state index contributed by atoms with van der Waals surface area (Å²) >= 11 is 0. The number of nitrogens with zero attached hydrogens (tertiary/aromatic N) is 2. The minimum absolute atomic E-state index is 0.0623. The topological polar surface area (TPSA) is 53.2 Å². The highest BCUT2D eigenvalue weighted by Crippen LogP contribution is 2.46. The Bertz CT molecular complexity index is 900. The summed E-state index contributed by atoms with van der Waals surface area (Å²) in [5, 5.41) is 0. The van der Waals surface area contributed by atoms with Gasteiger partial charge in [0.05, 0.1) is 29.8 Å². The molecule has 2 aromatic carbocycles. The molecule has 0 unspecified atom stereocenters. The second kappa shape index (κ2) is 5.42. The van der Waals surface area contributed by atoms with Crippen LogP contribution in [0.3, 0.4) is 0 Å². The van der Waals surface area contributed by atoms with Crippen molar-refractivity contribution in [2.45, 2.75) is 12.5 Å². The Morgan fingerprint density at radius 1 is 1.08 bits per heavy atom. The van der Waals surface area contributed by atoms with Gasteiger partial charge in [-0.25, -0.2) is 13.1 Å². The monoisotopic (exact) mass is 352 g/mol. The number of fused-ring (bicyclic) bond motifs is 1. The molecule has 2 heterocycles. The minimum Gasteiger partial charge on any atom is -0.373 e. The van der Waals surface area contributed by atoms with Gasteiger partial charge in [-0.05, 0) is 30.7 Å². The third kappa shape index (κ3) is 2.42. The van der Waals surface area contributed by atoms with Crippen molar-refractivity contribution in [3.63, 3.8) is 0 Å². The van der Waals surface area contributed by atoms with Crippen molar-refractivity contribution in [2.24, 2.45) is 0 Å². The summed E-state index contributed by atoms with van der Waals surface area (Å²) < 4.78 is 60.9. The maximum Gasteiger partial charge on any atom is 0.331 e. The van der Waals surface area contributed by atoms with E-state index in [-0.39, 0.29) is 18.3 Å². The molecule has 0 amide bonds. The molecule has 0 bridgehead atoms. The fraction of sp³-hybridized carbons (Fsp3) is 0.250. The number of rotatable bonds is 4. The number of hydrogen-bond acceptors (Lipinski definition) is 3. The van der Waals surface area contributed by atoms with Crippen LogP contribution in [0.2, 0.25) is 0 Å². The Labute approximate surface area is 138 Å². The van der Waals surface area contributed by atoms with Crippen LogP contribution >= 0.6 is 0 Å². The van der Waals surface area contributed by atoms with Crippen molar-refractivity contribution in [2.75, 3.05) is 21.8 Å². The van der Waals surface area contributed by atoms with Gasteiger partial charge in [0.1, 0.15) is 11.6 Å². The maximum atomic E-state index is 14.2. The molecule has 2 aliphatic rings. The lowest BCUT2D eigenvalue weighted by Crippen LogP contribution is -2.36. The van der Waals surface area contributed by atoms with Crippen molar-refractivity contribution < 1.29 is 21.9 Å². The van der Waals surface area contributed by atoms with Crippen LogP contribution in [0.25, 0.3) is 0 Å². The van der Waals surface area contributed by atoms with E-state index < -0.39 is 21.8 Å². The van der Waals surface area contributed by atoms with Crippen LogP contribution in [-0.2, 0) is 14.9 Å². The van der Waals surface area contributed by atoms with Gasteiger partial charge in [0.15, 0.2) is 0 Å².